The summed E-state index contributed by atoms with van der Waals surface area (Å²) in [6, 6.07) is 1.02. The number of carbonyl (C=O) groups excluding carboxylic acids is 2. The molecule has 1 amide bonds. The minimum atomic E-state index is -2.21. The third kappa shape index (κ3) is 4.38. The van der Waals surface area contributed by atoms with Gasteiger partial charge in [0.15, 0.2) is 0 Å². The molecule has 0 saturated carbocycles. The number of carbonyl (C=O) groups is 2. The molecule has 0 radical (unpaired) electrons. The molecular weight excluding hydrogens is 539 g/mol. The number of likely N-dealkylation sites (N-methyl/N-ethyl adjacent to an activating group) is 1. The number of benzene rings is 1. The summed E-state index contributed by atoms with van der Waals surface area (Å²) in [7, 11) is 12.7. The van der Waals surface area contributed by atoms with Gasteiger partial charge in [-0.3, -0.25) is 0 Å². The Bertz CT molecular complexity index is 1420. The molecule has 1 heterocycles. The van der Waals surface area contributed by atoms with Crippen LogP contribution >= 0.6 is 0 Å². The molecule has 42 heavy (non-hydrogen) atoms. The van der Waals surface area contributed by atoms with Gasteiger partial charge in [0.05, 0.1) is 6.61 Å². The van der Waals surface area contributed by atoms with Crippen molar-refractivity contribution in [2.75, 3.05) is 53.4 Å². The van der Waals surface area contributed by atoms with Gasteiger partial charge in [-0.15, -0.1) is 0 Å². The molecule has 1 saturated heterocycles. The fourth-order valence-corrected chi connectivity index (χ4v) is 7.92. The summed E-state index contributed by atoms with van der Waals surface area (Å²) < 4.78 is 5.43. The molecule has 1 fully saturated rings. The summed E-state index contributed by atoms with van der Waals surface area (Å²) in [5, 5.41) is 46.1. The average Bonchev–Trinajstić information content (AvgIpc) is 3.32. The minimum absolute atomic E-state index is 0.0161. The molecule has 5 atom stereocenters. The van der Waals surface area contributed by atoms with Crippen LogP contribution in [0.2, 0.25) is 0 Å². The maximum absolute atomic E-state index is 14.1. The van der Waals surface area contributed by atoms with Crippen LogP contribution in [0.4, 0.5) is 5.69 Å². The number of aliphatic hydroxyl groups is 3. The number of nitrogens with two attached hydrogens (primary N) is 1. The second-order valence-electron chi connectivity index (χ2n) is 12.5. The van der Waals surface area contributed by atoms with Crippen LogP contribution in [0.15, 0.2) is 28.7 Å². The number of aromatic hydroxyl groups is 1. The molecule has 1 aromatic carbocycles. The van der Waals surface area contributed by atoms with Gasteiger partial charge in [0.25, 0.3) is 0 Å². The summed E-state index contributed by atoms with van der Waals surface area (Å²) >= 11 is 0. The van der Waals surface area contributed by atoms with Gasteiger partial charge in [-0.25, -0.2) is 0 Å². The van der Waals surface area contributed by atoms with Gasteiger partial charge >= 0.3 is 216 Å². The van der Waals surface area contributed by atoms with Gasteiger partial charge in [0, 0.05) is 7.11 Å². The second kappa shape index (κ2) is 10.8. The molecule has 1 aromatic rings. The monoisotopic (exact) mass is 580 g/mol. The van der Waals surface area contributed by atoms with Crippen molar-refractivity contribution in [2.45, 2.75) is 49.9 Å². The van der Waals surface area contributed by atoms with Crippen molar-refractivity contribution < 1.29 is 34.8 Å². The number of aliphatic hydroxyl groups excluding tert-OH is 2. The van der Waals surface area contributed by atoms with Crippen molar-refractivity contribution in [1.82, 2.24) is 9.80 Å². The molecular formula is C30H41BN4O7. The molecule has 0 bridgehead atoms. The molecule has 11 nitrogen and oxygen atoms in total. The van der Waals surface area contributed by atoms with Crippen molar-refractivity contribution >= 4 is 30.3 Å². The van der Waals surface area contributed by atoms with Gasteiger partial charge in [-0.2, -0.15) is 0 Å². The zero-order chi connectivity index (χ0) is 30.8. The third-order valence-corrected chi connectivity index (χ3v) is 9.64. The number of amides is 1. The number of primary amides is 1. The zero-order valence-corrected chi connectivity index (χ0v) is 25.0. The quantitative estimate of drug-likeness (QED) is 0.284. The Balaban J connectivity index is 1.65. The van der Waals surface area contributed by atoms with Crippen molar-refractivity contribution in [1.29, 1.82) is 0 Å². The van der Waals surface area contributed by atoms with E-state index in [0.29, 0.717) is 25.1 Å². The van der Waals surface area contributed by atoms with Crippen LogP contribution in [-0.2, 0) is 22.5 Å². The first-order chi connectivity index (χ1) is 19.7. The summed E-state index contributed by atoms with van der Waals surface area (Å²) in [5.41, 5.74) is 5.23. The third-order valence-electron chi connectivity index (χ3n) is 9.64. The fourth-order valence-electron chi connectivity index (χ4n) is 7.92. The molecule has 4 aliphatic rings. The molecule has 0 unspecified atom stereocenters. The Morgan fingerprint density at radius 2 is 1.93 bits per heavy atom. The van der Waals surface area contributed by atoms with Gasteiger partial charge < -0.3 is 4.74 Å². The number of nitrogens with zero attached hydrogens (tertiary/aromatic N) is 3. The van der Waals surface area contributed by atoms with Crippen LogP contribution in [0.25, 0.3) is 0 Å². The predicted octanol–water partition coefficient (Wildman–Crippen LogP) is 0.302. The summed E-state index contributed by atoms with van der Waals surface area (Å²) in [4.78, 5) is 32.4. The van der Waals surface area contributed by atoms with Crippen LogP contribution in [0.3, 0.4) is 0 Å². The topological polar surface area (TPSA) is 160 Å². The molecule has 1 aliphatic heterocycles. The van der Waals surface area contributed by atoms with Gasteiger partial charge in [-0.1, -0.05) is 0 Å². The molecule has 3 aliphatic carbocycles. The SMILES string of the molecule is B=C1C(C(N)=O)=C(O)[C@@H](N(C)C)[C@@H]2C[C@@H]3Cc4c(c(O)cc(CN5CCC[C@@H]5COC)c4N(C)C)C(=O)C3=C(O)[C@]12O. The number of anilines is 1. The number of rotatable bonds is 7. The van der Waals surface area contributed by atoms with Crippen LogP contribution < -0.4 is 10.6 Å². The molecule has 5 rings (SSSR count). The Hall–Kier alpha value is -3.19. The number of likely N-dealkylation sites (tertiary alicyclic amines) is 1. The predicted molar refractivity (Wildman–Crippen MR) is 160 cm³/mol. The second-order valence-corrected chi connectivity index (χ2v) is 12.5. The van der Waals surface area contributed by atoms with E-state index in [1.54, 1.807) is 32.2 Å². The van der Waals surface area contributed by atoms with E-state index in [9.17, 15) is 30.0 Å². The van der Waals surface area contributed by atoms with Crippen molar-refractivity contribution in [3.8, 4) is 5.75 Å². The van der Waals surface area contributed by atoms with Gasteiger partial charge in [0.1, 0.15) is 0 Å². The van der Waals surface area contributed by atoms with Crippen molar-refractivity contribution in [3.05, 3.63) is 45.4 Å². The molecule has 12 heteroatoms. The first-order valence-electron chi connectivity index (χ1n) is 14.3. The summed E-state index contributed by atoms with van der Waals surface area (Å²) in [5.74, 6) is -4.05. The van der Waals surface area contributed by atoms with Crippen molar-refractivity contribution in [2.24, 2.45) is 17.6 Å². The number of phenols is 1. The molecule has 0 spiro atoms. The summed E-state index contributed by atoms with van der Waals surface area (Å²) in [6.45, 7) is 2.10. The number of methoxy groups -OCH3 is 1. The van der Waals surface area contributed by atoms with Gasteiger partial charge in [0.2, 0.25) is 0 Å². The first-order valence-corrected chi connectivity index (χ1v) is 14.3. The van der Waals surface area contributed by atoms with E-state index < -0.39 is 40.9 Å². The number of phenolic OH excluding ortho intramolecular Hbond substituents is 1. The Morgan fingerprint density at radius 3 is 2.52 bits per heavy atom. The van der Waals surface area contributed by atoms with Crippen LogP contribution in [-0.4, -0.2) is 121 Å². The van der Waals surface area contributed by atoms with Crippen LogP contribution in [0.1, 0.15) is 40.7 Å². The Morgan fingerprint density at radius 1 is 1.24 bits per heavy atom. The van der Waals surface area contributed by atoms with Crippen LogP contribution in [0, 0.1) is 11.8 Å². The summed E-state index contributed by atoms with van der Waals surface area (Å²) in [6.07, 6.45) is 2.61. The number of hydrogen-bond donors (Lipinski definition) is 5. The van der Waals surface area contributed by atoms with E-state index in [-0.39, 0.29) is 46.1 Å². The number of Topliss-reactive ketones (excluding diaryl/α,β-unsaturated/α-hetero) is 1. The number of allylic oxidation sites excluding steroid dienone is 1. The standard InChI is InChI=1S/C30H41BN4O7/c1-33(2)23-15(12-35-8-6-7-16(35)13-42-5)11-19(36)21-17(23)9-14-10-18-24(34(3)4)26(38)22(29(32)40)27(31)30(18,41)28(39)20(14)25(21)37/h11,14,16,18,24,31,36,38-39,41H,6-10,12-13H2,1-5H3,(H2,32,40)/t14-,16+,18-,24-,30+/m0/s1. The molecule has 226 valence electrons. The Kier molecular flexibility index (Phi) is 7.80. The van der Waals surface area contributed by atoms with E-state index in [2.05, 4.69) is 12.4 Å². The van der Waals surface area contributed by atoms with Crippen LogP contribution in [0.5, 0.6) is 5.75 Å². The molecule has 0 aromatic heterocycles. The van der Waals surface area contributed by atoms with E-state index >= 15 is 0 Å². The molecule has 6 N–H and O–H groups in total. The van der Waals surface area contributed by atoms with E-state index in [1.165, 1.54) is 0 Å². The normalized spacial score (nSPS) is 29.6. The first kappa shape index (κ1) is 30.3. The number of fused-ring (bicyclic) bond motifs is 3. The average molecular weight is 580 g/mol. The van der Waals surface area contributed by atoms with E-state index in [1.807, 2.05) is 19.0 Å². The van der Waals surface area contributed by atoms with Gasteiger partial charge in [-0.05, 0) is 12.8 Å². The Labute approximate surface area is 246 Å². The van der Waals surface area contributed by atoms with Crippen molar-refractivity contribution in [3.63, 3.8) is 0 Å². The fraction of sp³-hybridized carbons (Fsp3) is 0.567. The van der Waals surface area contributed by atoms with E-state index in [4.69, 9.17) is 10.5 Å². The number of ketones is 1. The number of ether oxygens (including phenoxy) is 1. The number of hydrogen-bond acceptors (Lipinski definition) is 10. The zero-order valence-electron chi connectivity index (χ0n) is 25.0. The van der Waals surface area contributed by atoms with E-state index in [0.717, 1.165) is 30.6 Å². The maximum atomic E-state index is 14.1.